The summed E-state index contributed by atoms with van der Waals surface area (Å²) < 4.78 is 10.8. The number of nitrogens with zero attached hydrogens (tertiary/aromatic N) is 2. The normalized spacial score (nSPS) is 16.7. The average Bonchev–Trinajstić information content (AvgIpc) is 3.05. The zero-order valence-corrected chi connectivity index (χ0v) is 10.3. The lowest BCUT2D eigenvalue weighted by molar-refractivity contribution is 0.330. The molecule has 1 aromatic heterocycles. The summed E-state index contributed by atoms with van der Waals surface area (Å²) in [6, 6.07) is 7.91. The van der Waals surface area contributed by atoms with Gasteiger partial charge in [-0.1, -0.05) is 29.3 Å². The van der Waals surface area contributed by atoms with Crippen molar-refractivity contribution in [2.75, 3.05) is 13.2 Å². The molecule has 0 aliphatic carbocycles. The van der Waals surface area contributed by atoms with Gasteiger partial charge in [-0.05, 0) is 6.07 Å². The Hall–Kier alpha value is -2.32. The van der Waals surface area contributed by atoms with Crippen molar-refractivity contribution in [3.8, 4) is 18.1 Å². The molecule has 0 saturated carbocycles. The second-order valence-corrected chi connectivity index (χ2v) is 4.26. The van der Waals surface area contributed by atoms with Gasteiger partial charge in [-0.3, -0.25) is 5.32 Å². The van der Waals surface area contributed by atoms with Crippen molar-refractivity contribution in [2.24, 2.45) is 0 Å². The predicted molar refractivity (Wildman–Crippen MR) is 68.6 cm³/mol. The smallest absolute Gasteiger partial charge is 0.240 e. The largest absolute Gasteiger partial charge is 0.492 e. The fourth-order valence-corrected chi connectivity index (χ4v) is 2.10. The number of hydrogen-bond acceptors (Lipinski definition) is 5. The monoisotopic (exact) mass is 255 g/mol. The first-order valence-electron chi connectivity index (χ1n) is 6.07. The van der Waals surface area contributed by atoms with Gasteiger partial charge in [-0.2, -0.15) is 4.98 Å². The zero-order valence-electron chi connectivity index (χ0n) is 10.3. The highest BCUT2D eigenvalue weighted by Gasteiger charge is 2.29. The second-order valence-electron chi connectivity index (χ2n) is 4.26. The zero-order chi connectivity index (χ0) is 13.1. The number of rotatable bonds is 4. The van der Waals surface area contributed by atoms with Crippen LogP contribution in [0.4, 0.5) is 0 Å². The third-order valence-electron chi connectivity index (χ3n) is 3.00. The van der Waals surface area contributed by atoms with E-state index in [2.05, 4.69) is 21.4 Å². The van der Waals surface area contributed by atoms with Gasteiger partial charge in [0.05, 0.1) is 19.0 Å². The van der Waals surface area contributed by atoms with E-state index in [1.54, 1.807) is 0 Å². The molecule has 0 amide bonds. The summed E-state index contributed by atoms with van der Waals surface area (Å²) in [4.78, 5) is 4.37. The molecule has 0 fully saturated rings. The van der Waals surface area contributed by atoms with Crippen LogP contribution in [0.1, 0.15) is 23.2 Å². The molecule has 1 unspecified atom stereocenters. The fourth-order valence-electron chi connectivity index (χ4n) is 2.10. The highest BCUT2D eigenvalue weighted by molar-refractivity contribution is 5.42. The Bertz CT molecular complexity index is 615. The number of ether oxygens (including phenoxy) is 1. The molecule has 3 rings (SSSR count). The first-order chi connectivity index (χ1) is 9.38. The maximum atomic E-state index is 5.61. The Morgan fingerprint density at radius 2 is 2.32 bits per heavy atom. The second kappa shape index (κ2) is 5.12. The number of terminal acetylenes is 1. The number of benzene rings is 1. The van der Waals surface area contributed by atoms with E-state index in [1.807, 2.05) is 24.3 Å². The van der Waals surface area contributed by atoms with Gasteiger partial charge in [0.2, 0.25) is 5.89 Å². The highest BCUT2D eigenvalue weighted by Crippen LogP contribution is 2.36. The van der Waals surface area contributed by atoms with E-state index in [0.717, 1.165) is 11.3 Å². The minimum atomic E-state index is 0.0429. The van der Waals surface area contributed by atoms with Crippen LogP contribution in [-0.4, -0.2) is 23.3 Å². The van der Waals surface area contributed by atoms with E-state index in [1.165, 1.54) is 0 Å². The summed E-state index contributed by atoms with van der Waals surface area (Å²) in [5.74, 6) is 4.62. The Labute approximate surface area is 111 Å². The van der Waals surface area contributed by atoms with Gasteiger partial charge < -0.3 is 9.26 Å². The van der Waals surface area contributed by atoms with Gasteiger partial charge in [-0.15, -0.1) is 6.42 Å². The number of para-hydroxylation sites is 1. The Morgan fingerprint density at radius 1 is 1.42 bits per heavy atom. The minimum Gasteiger partial charge on any atom is -0.492 e. The molecule has 5 heteroatoms. The van der Waals surface area contributed by atoms with Crippen LogP contribution in [-0.2, 0) is 6.54 Å². The lowest BCUT2D eigenvalue weighted by atomic mass is 10.0. The maximum Gasteiger partial charge on any atom is 0.240 e. The van der Waals surface area contributed by atoms with Crippen LogP contribution < -0.4 is 10.1 Å². The molecule has 19 heavy (non-hydrogen) atoms. The van der Waals surface area contributed by atoms with Crippen LogP contribution in [0.25, 0.3) is 0 Å². The van der Waals surface area contributed by atoms with Crippen LogP contribution in [0.2, 0.25) is 0 Å². The molecule has 1 aromatic carbocycles. The molecule has 1 atom stereocenters. The molecule has 1 aliphatic heterocycles. The van der Waals surface area contributed by atoms with Crippen LogP contribution in [0.5, 0.6) is 5.75 Å². The molecule has 1 N–H and O–H groups in total. The molecule has 5 nitrogen and oxygen atoms in total. The summed E-state index contributed by atoms with van der Waals surface area (Å²) in [5.41, 5.74) is 1.10. The maximum absolute atomic E-state index is 5.61. The van der Waals surface area contributed by atoms with E-state index in [4.69, 9.17) is 15.7 Å². The summed E-state index contributed by atoms with van der Waals surface area (Å²) in [5, 5.41) is 7.03. The minimum absolute atomic E-state index is 0.0429. The number of fused-ring (bicyclic) bond motifs is 1. The van der Waals surface area contributed by atoms with E-state index >= 15 is 0 Å². The standard InChI is InChI=1S/C14H13N3O2/c1-2-7-15-8-13-16-14(17-19-13)11-9-18-12-6-4-3-5-10(11)12/h1,3-6,11,15H,7-9H2. The predicted octanol–water partition coefficient (Wildman–Crippen LogP) is 1.32. The summed E-state index contributed by atoms with van der Waals surface area (Å²) in [6.45, 7) is 1.51. The van der Waals surface area contributed by atoms with Crippen molar-refractivity contribution in [1.82, 2.24) is 15.5 Å². The Morgan fingerprint density at radius 3 is 3.21 bits per heavy atom. The van der Waals surface area contributed by atoms with Crippen molar-refractivity contribution >= 4 is 0 Å². The van der Waals surface area contributed by atoms with E-state index < -0.39 is 0 Å². The van der Waals surface area contributed by atoms with Crippen LogP contribution >= 0.6 is 0 Å². The van der Waals surface area contributed by atoms with Crippen molar-refractivity contribution < 1.29 is 9.26 Å². The SMILES string of the molecule is C#CCNCc1nc(C2COc3ccccc32)no1. The number of hydrogen-bond donors (Lipinski definition) is 1. The average molecular weight is 255 g/mol. The van der Waals surface area contributed by atoms with Crippen molar-refractivity contribution in [3.05, 3.63) is 41.5 Å². The molecule has 1 aliphatic rings. The summed E-state index contributed by atoms with van der Waals surface area (Å²) >= 11 is 0. The topological polar surface area (TPSA) is 60.2 Å². The van der Waals surface area contributed by atoms with Crippen LogP contribution in [0.3, 0.4) is 0 Å². The van der Waals surface area contributed by atoms with Gasteiger partial charge in [0.15, 0.2) is 5.82 Å². The van der Waals surface area contributed by atoms with E-state index in [-0.39, 0.29) is 5.92 Å². The van der Waals surface area contributed by atoms with Gasteiger partial charge in [-0.25, -0.2) is 0 Å². The Balaban J connectivity index is 1.76. The molecular formula is C14H13N3O2. The van der Waals surface area contributed by atoms with Gasteiger partial charge in [0.1, 0.15) is 12.4 Å². The lowest BCUT2D eigenvalue weighted by Crippen LogP contribution is -2.13. The van der Waals surface area contributed by atoms with Crippen LogP contribution in [0, 0.1) is 12.3 Å². The fraction of sp³-hybridized carbons (Fsp3) is 0.286. The molecule has 0 bridgehead atoms. The summed E-state index contributed by atoms with van der Waals surface area (Å²) in [6.07, 6.45) is 5.15. The molecular weight excluding hydrogens is 242 g/mol. The van der Waals surface area contributed by atoms with E-state index in [0.29, 0.717) is 31.4 Å². The Kier molecular flexibility index (Phi) is 3.17. The molecule has 2 heterocycles. The highest BCUT2D eigenvalue weighted by atomic mass is 16.5. The molecule has 0 radical (unpaired) electrons. The van der Waals surface area contributed by atoms with E-state index in [9.17, 15) is 0 Å². The summed E-state index contributed by atoms with van der Waals surface area (Å²) in [7, 11) is 0. The van der Waals surface area contributed by atoms with Crippen molar-refractivity contribution in [3.63, 3.8) is 0 Å². The molecule has 96 valence electrons. The van der Waals surface area contributed by atoms with Gasteiger partial charge >= 0.3 is 0 Å². The number of nitrogens with one attached hydrogen (secondary N) is 1. The molecule has 0 spiro atoms. The van der Waals surface area contributed by atoms with Crippen molar-refractivity contribution in [1.29, 1.82) is 0 Å². The number of aromatic nitrogens is 2. The quantitative estimate of drug-likeness (QED) is 0.659. The lowest BCUT2D eigenvalue weighted by Gasteiger charge is -2.01. The van der Waals surface area contributed by atoms with Gasteiger partial charge in [0, 0.05) is 5.56 Å². The molecule has 2 aromatic rings. The van der Waals surface area contributed by atoms with Crippen molar-refractivity contribution in [2.45, 2.75) is 12.5 Å². The first-order valence-corrected chi connectivity index (χ1v) is 6.07. The van der Waals surface area contributed by atoms with Gasteiger partial charge in [0.25, 0.3) is 0 Å². The third-order valence-corrected chi connectivity index (χ3v) is 3.00. The first kappa shape index (κ1) is 11.8. The third kappa shape index (κ3) is 2.30. The molecule has 0 saturated heterocycles. The van der Waals surface area contributed by atoms with Crippen LogP contribution in [0.15, 0.2) is 28.8 Å².